The molecule has 1 saturated heterocycles. The molecule has 1 fully saturated rings. The minimum Gasteiger partial charge on any atom is -0.489 e. The minimum atomic E-state index is -0.461. The summed E-state index contributed by atoms with van der Waals surface area (Å²) >= 11 is 3.36. The van der Waals surface area contributed by atoms with E-state index >= 15 is 0 Å². The molecule has 0 aliphatic carbocycles. The molecule has 0 atom stereocenters. The van der Waals surface area contributed by atoms with Crippen molar-refractivity contribution < 1.29 is 19.2 Å². The molecular formula is C24H18BrN3O5. The van der Waals surface area contributed by atoms with Gasteiger partial charge in [0.15, 0.2) is 0 Å². The Kier molecular flexibility index (Phi) is 6.50. The lowest BCUT2D eigenvalue weighted by Gasteiger charge is -2.11. The number of benzene rings is 3. The van der Waals surface area contributed by atoms with Gasteiger partial charge in [-0.15, -0.1) is 0 Å². The van der Waals surface area contributed by atoms with Gasteiger partial charge in [-0.05, 0) is 59.2 Å². The van der Waals surface area contributed by atoms with E-state index in [0.717, 1.165) is 26.1 Å². The molecule has 1 heterocycles. The fraction of sp³-hybridized carbons (Fsp3) is 0.0833. The van der Waals surface area contributed by atoms with Crippen LogP contribution < -0.4 is 10.1 Å². The molecule has 3 aromatic rings. The molecule has 0 unspecified atom stereocenters. The summed E-state index contributed by atoms with van der Waals surface area (Å²) < 4.78 is 6.63. The van der Waals surface area contributed by atoms with E-state index in [2.05, 4.69) is 21.2 Å². The van der Waals surface area contributed by atoms with Gasteiger partial charge in [0.1, 0.15) is 18.1 Å². The van der Waals surface area contributed by atoms with Crippen LogP contribution in [0.3, 0.4) is 0 Å². The highest BCUT2D eigenvalue weighted by Crippen LogP contribution is 2.21. The molecule has 3 amide bonds. The molecule has 4 rings (SSSR count). The van der Waals surface area contributed by atoms with Gasteiger partial charge in [0.25, 0.3) is 11.6 Å². The summed E-state index contributed by atoms with van der Waals surface area (Å²) in [4.78, 5) is 36.4. The number of urea groups is 1. The summed E-state index contributed by atoms with van der Waals surface area (Å²) in [7, 11) is 0. The number of non-ortho nitro benzene ring substituents is 1. The lowest BCUT2D eigenvalue weighted by atomic mass is 10.1. The van der Waals surface area contributed by atoms with Crippen molar-refractivity contribution >= 4 is 39.6 Å². The maximum Gasteiger partial charge on any atom is 0.329 e. The number of rotatable bonds is 7. The zero-order chi connectivity index (χ0) is 23.4. The molecule has 0 aromatic heterocycles. The Labute approximate surface area is 197 Å². The third kappa shape index (κ3) is 5.45. The number of carbonyl (C=O) groups is 2. The summed E-state index contributed by atoms with van der Waals surface area (Å²) in [5.41, 5.74) is 2.61. The molecule has 1 aliphatic rings. The number of nitro benzene ring substituents is 1. The smallest absolute Gasteiger partial charge is 0.329 e. The SMILES string of the molecule is O=C1N/C(=C/c2ccc(OCc3ccc([N+](=O)[O-])cc3)cc2)C(=O)N1Cc1ccc(Br)cc1. The van der Waals surface area contributed by atoms with Crippen LogP contribution in [-0.2, 0) is 17.9 Å². The minimum absolute atomic E-state index is 0.0279. The maximum absolute atomic E-state index is 12.7. The van der Waals surface area contributed by atoms with Crippen LogP contribution in [0.25, 0.3) is 6.08 Å². The Morgan fingerprint density at radius 1 is 0.939 bits per heavy atom. The number of imide groups is 1. The third-order valence-electron chi connectivity index (χ3n) is 4.96. The van der Waals surface area contributed by atoms with Gasteiger partial charge in [-0.2, -0.15) is 0 Å². The van der Waals surface area contributed by atoms with Crippen LogP contribution in [0, 0.1) is 10.1 Å². The fourth-order valence-electron chi connectivity index (χ4n) is 3.20. The van der Waals surface area contributed by atoms with E-state index in [1.807, 2.05) is 24.3 Å². The van der Waals surface area contributed by atoms with Crippen LogP contribution >= 0.6 is 15.9 Å². The average Bonchev–Trinajstić information content (AvgIpc) is 3.07. The van der Waals surface area contributed by atoms with E-state index < -0.39 is 11.0 Å². The first-order chi connectivity index (χ1) is 15.9. The molecule has 166 valence electrons. The van der Waals surface area contributed by atoms with Crippen LogP contribution in [0.5, 0.6) is 5.75 Å². The van der Waals surface area contributed by atoms with E-state index in [1.54, 1.807) is 42.5 Å². The van der Waals surface area contributed by atoms with Crippen LogP contribution in [0.15, 0.2) is 83.0 Å². The standard InChI is InChI=1S/C24H18BrN3O5/c25-19-7-1-17(2-8-19)14-27-23(29)22(26-24(27)30)13-16-5-11-21(12-6-16)33-15-18-3-9-20(10-4-18)28(31)32/h1-13H,14-15H2,(H,26,30)/b22-13+. The molecule has 1 aliphatic heterocycles. The Bertz CT molecular complexity index is 1220. The fourth-order valence-corrected chi connectivity index (χ4v) is 3.46. The van der Waals surface area contributed by atoms with Gasteiger partial charge in [-0.3, -0.25) is 19.8 Å². The lowest BCUT2D eigenvalue weighted by Crippen LogP contribution is -2.30. The largest absolute Gasteiger partial charge is 0.489 e. The number of nitrogens with one attached hydrogen (secondary N) is 1. The van der Waals surface area contributed by atoms with E-state index in [4.69, 9.17) is 4.74 Å². The molecule has 3 aromatic carbocycles. The van der Waals surface area contributed by atoms with Crippen LogP contribution in [-0.4, -0.2) is 21.8 Å². The normalized spacial score (nSPS) is 14.5. The Balaban J connectivity index is 1.37. The van der Waals surface area contributed by atoms with E-state index in [0.29, 0.717) is 5.75 Å². The summed E-state index contributed by atoms with van der Waals surface area (Å²) in [6.07, 6.45) is 1.61. The van der Waals surface area contributed by atoms with Crippen molar-refractivity contribution in [1.82, 2.24) is 10.2 Å². The number of hydrogen-bond acceptors (Lipinski definition) is 5. The van der Waals surface area contributed by atoms with E-state index in [-0.39, 0.29) is 30.4 Å². The third-order valence-corrected chi connectivity index (χ3v) is 5.49. The summed E-state index contributed by atoms with van der Waals surface area (Å²) in [6.45, 7) is 0.447. The van der Waals surface area contributed by atoms with Crippen LogP contribution in [0.2, 0.25) is 0 Å². The van der Waals surface area contributed by atoms with Crippen molar-refractivity contribution in [2.45, 2.75) is 13.2 Å². The van der Waals surface area contributed by atoms with Gasteiger partial charge in [-0.1, -0.05) is 40.2 Å². The Morgan fingerprint density at radius 3 is 2.21 bits per heavy atom. The number of ether oxygens (including phenoxy) is 1. The van der Waals surface area contributed by atoms with Gasteiger partial charge in [0.2, 0.25) is 0 Å². The first kappa shape index (κ1) is 22.2. The van der Waals surface area contributed by atoms with Gasteiger partial charge in [0, 0.05) is 16.6 Å². The van der Waals surface area contributed by atoms with Gasteiger partial charge < -0.3 is 10.1 Å². The lowest BCUT2D eigenvalue weighted by molar-refractivity contribution is -0.384. The molecule has 0 bridgehead atoms. The predicted octanol–water partition coefficient (Wildman–Crippen LogP) is 5.03. The highest BCUT2D eigenvalue weighted by Gasteiger charge is 2.33. The van der Waals surface area contributed by atoms with Crippen LogP contribution in [0.4, 0.5) is 10.5 Å². The molecule has 33 heavy (non-hydrogen) atoms. The highest BCUT2D eigenvalue weighted by molar-refractivity contribution is 9.10. The van der Waals surface area contributed by atoms with Gasteiger partial charge in [-0.25, -0.2) is 4.79 Å². The van der Waals surface area contributed by atoms with Crippen molar-refractivity contribution in [1.29, 1.82) is 0 Å². The Morgan fingerprint density at radius 2 is 1.58 bits per heavy atom. The summed E-state index contributed by atoms with van der Waals surface area (Å²) in [5.74, 6) is 0.218. The molecule has 8 nitrogen and oxygen atoms in total. The number of hydrogen-bond donors (Lipinski definition) is 1. The molecule has 0 radical (unpaired) electrons. The Hall–Kier alpha value is -3.98. The summed E-state index contributed by atoms with van der Waals surface area (Å²) in [5, 5.41) is 13.3. The van der Waals surface area contributed by atoms with Gasteiger partial charge >= 0.3 is 6.03 Å². The second kappa shape index (κ2) is 9.66. The van der Waals surface area contributed by atoms with Crippen molar-refractivity contribution in [3.8, 4) is 5.75 Å². The molecule has 0 spiro atoms. The number of nitrogens with zero attached hydrogens (tertiary/aromatic N) is 2. The zero-order valence-electron chi connectivity index (χ0n) is 17.2. The quantitative estimate of drug-likeness (QED) is 0.209. The van der Waals surface area contributed by atoms with Crippen molar-refractivity contribution in [3.05, 3.63) is 110 Å². The molecule has 0 saturated carbocycles. The van der Waals surface area contributed by atoms with Crippen molar-refractivity contribution in [3.63, 3.8) is 0 Å². The number of nitro groups is 1. The highest BCUT2D eigenvalue weighted by atomic mass is 79.9. The van der Waals surface area contributed by atoms with E-state index in [9.17, 15) is 19.7 Å². The monoisotopic (exact) mass is 507 g/mol. The van der Waals surface area contributed by atoms with Crippen molar-refractivity contribution in [2.75, 3.05) is 0 Å². The zero-order valence-corrected chi connectivity index (χ0v) is 18.8. The van der Waals surface area contributed by atoms with Crippen LogP contribution in [0.1, 0.15) is 16.7 Å². The number of amides is 3. The topological polar surface area (TPSA) is 102 Å². The molecule has 1 N–H and O–H groups in total. The number of halogens is 1. The summed E-state index contributed by atoms with van der Waals surface area (Å²) in [6, 6.07) is 20.1. The second-order valence-corrected chi connectivity index (χ2v) is 8.20. The second-order valence-electron chi connectivity index (χ2n) is 7.29. The number of carbonyl (C=O) groups excluding carboxylic acids is 2. The molecule has 9 heteroatoms. The average molecular weight is 508 g/mol. The van der Waals surface area contributed by atoms with Gasteiger partial charge in [0.05, 0.1) is 11.5 Å². The first-order valence-electron chi connectivity index (χ1n) is 9.94. The van der Waals surface area contributed by atoms with E-state index in [1.165, 1.54) is 12.1 Å². The first-order valence-corrected chi connectivity index (χ1v) is 10.7. The molecular weight excluding hydrogens is 490 g/mol. The maximum atomic E-state index is 12.7. The predicted molar refractivity (Wildman–Crippen MR) is 125 cm³/mol. The van der Waals surface area contributed by atoms with Crippen molar-refractivity contribution in [2.24, 2.45) is 0 Å².